The van der Waals surface area contributed by atoms with Crippen LogP contribution >= 0.6 is 0 Å². The summed E-state index contributed by atoms with van der Waals surface area (Å²) in [7, 11) is -1.98. The summed E-state index contributed by atoms with van der Waals surface area (Å²) in [5, 5.41) is 13.4. The fraction of sp³-hybridized carbons (Fsp3) is 0.333. The molecule has 0 amide bonds. The number of nitrogens with zero attached hydrogens (tertiary/aromatic N) is 1. The number of hydrogen-bond acceptors (Lipinski definition) is 6. The zero-order valence-electron chi connectivity index (χ0n) is 9.71. The summed E-state index contributed by atoms with van der Waals surface area (Å²) in [5.41, 5.74) is 6.01. The van der Waals surface area contributed by atoms with E-state index in [4.69, 9.17) is 5.73 Å². The van der Waals surface area contributed by atoms with Crippen molar-refractivity contribution in [2.24, 2.45) is 0 Å². The molecule has 0 aliphatic carbocycles. The molecular weight excluding hydrogens is 260 g/mol. The van der Waals surface area contributed by atoms with Crippen LogP contribution in [0.4, 0.5) is 17.1 Å². The highest BCUT2D eigenvalue weighted by molar-refractivity contribution is 7.89. The first-order valence-electron chi connectivity index (χ1n) is 5.04. The van der Waals surface area contributed by atoms with Gasteiger partial charge < -0.3 is 11.1 Å². The Kier molecular flexibility index (Phi) is 4.45. The number of rotatable bonds is 6. The second-order valence-electron chi connectivity index (χ2n) is 3.52. The van der Waals surface area contributed by atoms with Crippen LogP contribution in [0, 0.1) is 10.1 Å². The van der Waals surface area contributed by atoms with Crippen molar-refractivity contribution in [3.05, 3.63) is 28.3 Å². The SMILES string of the molecule is CNS(=O)(=O)CCNc1cc(N)cc([N+](=O)[O-])c1. The summed E-state index contributed by atoms with van der Waals surface area (Å²) in [6, 6.07) is 4.02. The van der Waals surface area contributed by atoms with Gasteiger partial charge in [0.25, 0.3) is 5.69 Å². The number of nitrogen functional groups attached to an aromatic ring is 1. The van der Waals surface area contributed by atoms with Crippen molar-refractivity contribution in [3.63, 3.8) is 0 Å². The van der Waals surface area contributed by atoms with Gasteiger partial charge in [0.15, 0.2) is 0 Å². The highest BCUT2D eigenvalue weighted by Gasteiger charge is 2.10. The Morgan fingerprint density at radius 1 is 1.39 bits per heavy atom. The summed E-state index contributed by atoms with van der Waals surface area (Å²) < 4.78 is 24.5. The second kappa shape index (κ2) is 5.65. The molecule has 0 bridgehead atoms. The molecule has 0 fully saturated rings. The van der Waals surface area contributed by atoms with Gasteiger partial charge >= 0.3 is 0 Å². The third-order valence-electron chi connectivity index (χ3n) is 2.16. The van der Waals surface area contributed by atoms with Gasteiger partial charge in [0.1, 0.15) is 0 Å². The third kappa shape index (κ3) is 4.18. The minimum absolute atomic E-state index is 0.129. The molecule has 8 nitrogen and oxygen atoms in total. The van der Waals surface area contributed by atoms with Gasteiger partial charge in [0.2, 0.25) is 10.0 Å². The maximum Gasteiger partial charge on any atom is 0.273 e. The van der Waals surface area contributed by atoms with Gasteiger partial charge in [0, 0.05) is 30.1 Å². The zero-order valence-corrected chi connectivity index (χ0v) is 10.5. The van der Waals surface area contributed by atoms with Crippen LogP contribution in [0.1, 0.15) is 0 Å². The first-order chi connectivity index (χ1) is 8.34. The highest BCUT2D eigenvalue weighted by atomic mass is 32.2. The average Bonchev–Trinajstić information content (AvgIpc) is 2.28. The smallest absolute Gasteiger partial charge is 0.273 e. The molecule has 1 rings (SSSR count). The van der Waals surface area contributed by atoms with Crippen LogP contribution in [0.3, 0.4) is 0 Å². The summed E-state index contributed by atoms with van der Waals surface area (Å²) in [6.45, 7) is 0.129. The van der Waals surface area contributed by atoms with Gasteiger partial charge in [-0.1, -0.05) is 0 Å². The van der Waals surface area contributed by atoms with Gasteiger partial charge in [-0.3, -0.25) is 10.1 Å². The summed E-state index contributed by atoms with van der Waals surface area (Å²) in [4.78, 5) is 10.0. The second-order valence-corrected chi connectivity index (χ2v) is 5.57. The van der Waals surface area contributed by atoms with E-state index < -0.39 is 14.9 Å². The van der Waals surface area contributed by atoms with Crippen molar-refractivity contribution >= 4 is 27.1 Å². The van der Waals surface area contributed by atoms with Crippen molar-refractivity contribution in [3.8, 4) is 0 Å². The van der Waals surface area contributed by atoms with Crippen LogP contribution < -0.4 is 15.8 Å². The summed E-state index contributed by atoms with van der Waals surface area (Å²) >= 11 is 0. The maximum absolute atomic E-state index is 11.1. The van der Waals surface area contributed by atoms with Crippen LogP contribution in [0.2, 0.25) is 0 Å². The van der Waals surface area contributed by atoms with Crippen LogP contribution in [-0.2, 0) is 10.0 Å². The lowest BCUT2D eigenvalue weighted by molar-refractivity contribution is -0.384. The molecule has 18 heavy (non-hydrogen) atoms. The minimum atomic E-state index is -3.30. The van der Waals surface area contributed by atoms with Crippen molar-refractivity contribution in [1.29, 1.82) is 0 Å². The normalized spacial score (nSPS) is 11.2. The Morgan fingerprint density at radius 3 is 2.61 bits per heavy atom. The lowest BCUT2D eigenvalue weighted by Gasteiger charge is -2.07. The summed E-state index contributed by atoms with van der Waals surface area (Å²) in [5.74, 6) is -0.133. The van der Waals surface area contributed by atoms with Crippen molar-refractivity contribution in [2.75, 3.05) is 30.4 Å². The van der Waals surface area contributed by atoms with E-state index in [0.29, 0.717) is 5.69 Å². The van der Waals surface area contributed by atoms with Gasteiger partial charge in [-0.25, -0.2) is 13.1 Å². The van der Waals surface area contributed by atoms with Crippen molar-refractivity contribution < 1.29 is 13.3 Å². The zero-order chi connectivity index (χ0) is 13.8. The van der Waals surface area contributed by atoms with Crippen molar-refractivity contribution in [2.45, 2.75) is 0 Å². The van der Waals surface area contributed by atoms with Gasteiger partial charge in [0.05, 0.1) is 10.7 Å². The third-order valence-corrected chi connectivity index (χ3v) is 3.53. The largest absolute Gasteiger partial charge is 0.398 e. The predicted molar refractivity (Wildman–Crippen MR) is 68.8 cm³/mol. The van der Waals surface area contributed by atoms with Crippen LogP contribution in [0.5, 0.6) is 0 Å². The number of nitro benzene ring substituents is 1. The number of nitro groups is 1. The van der Waals surface area contributed by atoms with E-state index in [1.54, 1.807) is 0 Å². The number of sulfonamides is 1. The molecule has 9 heteroatoms. The molecule has 4 N–H and O–H groups in total. The molecule has 1 aromatic rings. The molecule has 0 saturated heterocycles. The van der Waals surface area contributed by atoms with E-state index in [2.05, 4.69) is 10.0 Å². The highest BCUT2D eigenvalue weighted by Crippen LogP contribution is 2.21. The molecule has 1 aromatic carbocycles. The molecule has 0 aliphatic rings. The summed E-state index contributed by atoms with van der Waals surface area (Å²) in [6.07, 6.45) is 0. The van der Waals surface area contributed by atoms with E-state index in [9.17, 15) is 18.5 Å². The fourth-order valence-electron chi connectivity index (χ4n) is 1.27. The van der Waals surface area contributed by atoms with Gasteiger partial charge in [-0.15, -0.1) is 0 Å². The molecule has 100 valence electrons. The number of benzene rings is 1. The molecule has 0 radical (unpaired) electrons. The molecule has 0 saturated carbocycles. The Labute approximate surface area is 104 Å². The molecule has 0 aliphatic heterocycles. The standard InChI is InChI=1S/C9H14N4O4S/c1-11-18(16,17)3-2-12-8-4-7(10)5-9(6-8)13(14)15/h4-6,11-12H,2-3,10H2,1H3. The van der Waals surface area contributed by atoms with Crippen LogP contribution in [0.15, 0.2) is 18.2 Å². The van der Waals surface area contributed by atoms with Crippen molar-refractivity contribution in [1.82, 2.24) is 4.72 Å². The first kappa shape index (κ1) is 14.2. The van der Waals surface area contributed by atoms with E-state index >= 15 is 0 Å². The topological polar surface area (TPSA) is 127 Å². The predicted octanol–water partition coefficient (Wildman–Crippen LogP) is 0.138. The molecular formula is C9H14N4O4S. The first-order valence-corrected chi connectivity index (χ1v) is 6.69. The fourth-order valence-corrected chi connectivity index (χ4v) is 1.85. The Balaban J connectivity index is 2.71. The molecule has 0 heterocycles. The monoisotopic (exact) mass is 274 g/mol. The average molecular weight is 274 g/mol. The van der Waals surface area contributed by atoms with E-state index in [0.717, 1.165) is 0 Å². The number of nitrogens with two attached hydrogens (primary N) is 1. The number of hydrogen-bond donors (Lipinski definition) is 3. The Bertz CT molecular complexity index is 543. The lowest BCUT2D eigenvalue weighted by Crippen LogP contribution is -2.26. The van der Waals surface area contributed by atoms with Gasteiger partial charge in [-0.2, -0.15) is 0 Å². The van der Waals surface area contributed by atoms with Crippen LogP contribution in [0.25, 0.3) is 0 Å². The van der Waals surface area contributed by atoms with E-state index in [1.165, 1.54) is 25.2 Å². The molecule has 0 atom stereocenters. The quantitative estimate of drug-likeness (QED) is 0.384. The Morgan fingerprint density at radius 2 is 2.06 bits per heavy atom. The van der Waals surface area contributed by atoms with Gasteiger partial charge in [-0.05, 0) is 13.1 Å². The lowest BCUT2D eigenvalue weighted by atomic mass is 10.2. The molecule has 0 aromatic heterocycles. The van der Waals surface area contributed by atoms with E-state index in [-0.39, 0.29) is 23.7 Å². The van der Waals surface area contributed by atoms with E-state index in [1.807, 2.05) is 0 Å². The maximum atomic E-state index is 11.1. The molecule has 0 spiro atoms. The molecule has 0 unspecified atom stereocenters. The minimum Gasteiger partial charge on any atom is -0.398 e. The number of nitrogens with one attached hydrogen (secondary N) is 2. The van der Waals surface area contributed by atoms with Crippen LogP contribution in [-0.4, -0.2) is 32.7 Å². The Hall–Kier alpha value is -1.87. The number of anilines is 2. The number of non-ortho nitro benzene ring substituents is 1.